The predicted octanol–water partition coefficient (Wildman–Crippen LogP) is 2.17. The summed E-state index contributed by atoms with van der Waals surface area (Å²) >= 11 is 0. The summed E-state index contributed by atoms with van der Waals surface area (Å²) in [5.41, 5.74) is 8.36. The maximum atomic E-state index is 5.85. The maximum absolute atomic E-state index is 5.85. The van der Waals surface area contributed by atoms with Gasteiger partial charge in [-0.2, -0.15) is 0 Å². The van der Waals surface area contributed by atoms with Gasteiger partial charge in [0.1, 0.15) is 0 Å². The summed E-state index contributed by atoms with van der Waals surface area (Å²) in [7, 11) is 0. The molecule has 17 heavy (non-hydrogen) atoms. The maximum Gasteiger partial charge on any atom is 0.0462 e. The molecule has 1 aromatic heterocycles. The number of aryl methyl sites for hydroxylation is 1. The fraction of sp³-hybridized carbons (Fsp3) is 0.643. The summed E-state index contributed by atoms with van der Waals surface area (Å²) in [6.45, 7) is 3.82. The number of hydrogen-bond donors (Lipinski definition) is 2. The Kier molecular flexibility index (Phi) is 4.51. The van der Waals surface area contributed by atoms with Crippen LogP contribution >= 0.6 is 0 Å². The molecule has 0 aromatic carbocycles. The van der Waals surface area contributed by atoms with Crippen LogP contribution in [0, 0.1) is 12.8 Å². The fourth-order valence-electron chi connectivity index (χ4n) is 2.40. The van der Waals surface area contributed by atoms with Crippen LogP contribution in [0.4, 0.5) is 0 Å². The summed E-state index contributed by atoms with van der Waals surface area (Å²) in [6.07, 6.45) is 9.31. The standard InChI is InChI=1S/C14H23N3/c1-11-5-7-16-10-13(11)14(9-15)17-8-6-12-3-2-4-12/h5,7,10,12,14,17H,2-4,6,8-9,15H2,1H3. The monoisotopic (exact) mass is 233 g/mol. The molecule has 3 nitrogen and oxygen atoms in total. The van der Waals surface area contributed by atoms with Crippen molar-refractivity contribution in [2.75, 3.05) is 13.1 Å². The summed E-state index contributed by atoms with van der Waals surface area (Å²) in [5, 5.41) is 3.56. The average Bonchev–Trinajstić information content (AvgIpc) is 2.28. The first-order valence-electron chi connectivity index (χ1n) is 6.65. The molecule has 1 heterocycles. The molecule has 0 saturated heterocycles. The van der Waals surface area contributed by atoms with Gasteiger partial charge in [0, 0.05) is 25.0 Å². The van der Waals surface area contributed by atoms with E-state index in [2.05, 4.69) is 17.2 Å². The molecule has 3 heteroatoms. The van der Waals surface area contributed by atoms with Crippen molar-refractivity contribution in [3.05, 3.63) is 29.6 Å². The highest BCUT2D eigenvalue weighted by molar-refractivity contribution is 5.25. The lowest BCUT2D eigenvalue weighted by molar-refractivity contribution is 0.287. The van der Waals surface area contributed by atoms with E-state index < -0.39 is 0 Å². The van der Waals surface area contributed by atoms with E-state index in [1.807, 2.05) is 18.5 Å². The van der Waals surface area contributed by atoms with E-state index in [9.17, 15) is 0 Å². The molecule has 1 saturated carbocycles. The van der Waals surface area contributed by atoms with Gasteiger partial charge in [-0.1, -0.05) is 19.3 Å². The van der Waals surface area contributed by atoms with Crippen LogP contribution in [0.5, 0.6) is 0 Å². The first-order valence-corrected chi connectivity index (χ1v) is 6.65. The average molecular weight is 233 g/mol. The van der Waals surface area contributed by atoms with Crippen molar-refractivity contribution < 1.29 is 0 Å². The van der Waals surface area contributed by atoms with Crippen LogP contribution in [0.1, 0.15) is 42.9 Å². The van der Waals surface area contributed by atoms with Crippen LogP contribution in [0.25, 0.3) is 0 Å². The molecule has 0 bridgehead atoms. The molecule has 1 atom stereocenters. The number of nitrogens with two attached hydrogens (primary N) is 1. The Morgan fingerprint density at radius 1 is 1.53 bits per heavy atom. The molecule has 0 spiro atoms. The third kappa shape index (κ3) is 3.27. The van der Waals surface area contributed by atoms with Gasteiger partial charge in [0.25, 0.3) is 0 Å². The van der Waals surface area contributed by atoms with Crippen LogP contribution in [0.3, 0.4) is 0 Å². The highest BCUT2D eigenvalue weighted by Crippen LogP contribution is 2.29. The molecule has 94 valence electrons. The van der Waals surface area contributed by atoms with Crippen molar-refractivity contribution in [3.8, 4) is 0 Å². The zero-order chi connectivity index (χ0) is 12.1. The lowest BCUT2D eigenvalue weighted by Crippen LogP contribution is -2.31. The van der Waals surface area contributed by atoms with Crippen molar-refractivity contribution in [2.24, 2.45) is 11.7 Å². The second-order valence-corrected chi connectivity index (χ2v) is 5.06. The van der Waals surface area contributed by atoms with Crippen molar-refractivity contribution in [2.45, 2.75) is 38.6 Å². The largest absolute Gasteiger partial charge is 0.329 e. The molecule has 1 aliphatic carbocycles. The van der Waals surface area contributed by atoms with Crippen LogP contribution in [-0.4, -0.2) is 18.1 Å². The molecule has 1 aromatic rings. The minimum Gasteiger partial charge on any atom is -0.329 e. The number of rotatable bonds is 6. The highest BCUT2D eigenvalue weighted by Gasteiger charge is 2.18. The van der Waals surface area contributed by atoms with Gasteiger partial charge >= 0.3 is 0 Å². The SMILES string of the molecule is Cc1ccncc1C(CN)NCCC1CCC1. The van der Waals surface area contributed by atoms with Gasteiger partial charge < -0.3 is 11.1 Å². The Labute approximate surface area is 104 Å². The first kappa shape index (κ1) is 12.5. The van der Waals surface area contributed by atoms with E-state index in [1.165, 1.54) is 36.8 Å². The molecular formula is C14H23N3. The lowest BCUT2D eigenvalue weighted by Gasteiger charge is -2.26. The Bertz CT molecular complexity index is 347. The van der Waals surface area contributed by atoms with E-state index in [0.29, 0.717) is 6.54 Å². The smallest absolute Gasteiger partial charge is 0.0462 e. The van der Waals surface area contributed by atoms with Gasteiger partial charge in [-0.3, -0.25) is 4.98 Å². The van der Waals surface area contributed by atoms with Gasteiger partial charge in [-0.05, 0) is 43.0 Å². The van der Waals surface area contributed by atoms with Crippen molar-refractivity contribution in [3.63, 3.8) is 0 Å². The summed E-state index contributed by atoms with van der Waals surface area (Å²) in [5.74, 6) is 0.955. The van der Waals surface area contributed by atoms with Gasteiger partial charge in [0.2, 0.25) is 0 Å². The minimum absolute atomic E-state index is 0.253. The normalized spacial score (nSPS) is 17.8. The zero-order valence-electron chi connectivity index (χ0n) is 10.7. The molecule has 1 unspecified atom stereocenters. The van der Waals surface area contributed by atoms with Crippen molar-refractivity contribution in [1.82, 2.24) is 10.3 Å². The number of hydrogen-bond acceptors (Lipinski definition) is 3. The second-order valence-electron chi connectivity index (χ2n) is 5.06. The number of aromatic nitrogens is 1. The highest BCUT2D eigenvalue weighted by atomic mass is 14.9. The van der Waals surface area contributed by atoms with Gasteiger partial charge in [-0.25, -0.2) is 0 Å². The van der Waals surface area contributed by atoms with Crippen LogP contribution in [0.15, 0.2) is 18.5 Å². The van der Waals surface area contributed by atoms with Crippen molar-refractivity contribution in [1.29, 1.82) is 0 Å². The molecule has 2 rings (SSSR count). The first-order chi connectivity index (χ1) is 8.31. The molecule has 0 aliphatic heterocycles. The Balaban J connectivity index is 1.85. The van der Waals surface area contributed by atoms with E-state index in [0.717, 1.165) is 12.5 Å². The topological polar surface area (TPSA) is 50.9 Å². The molecule has 3 N–H and O–H groups in total. The molecule has 1 aliphatic rings. The van der Waals surface area contributed by atoms with Gasteiger partial charge in [0.15, 0.2) is 0 Å². The predicted molar refractivity (Wildman–Crippen MR) is 70.7 cm³/mol. The fourth-order valence-corrected chi connectivity index (χ4v) is 2.40. The number of nitrogens with one attached hydrogen (secondary N) is 1. The van der Waals surface area contributed by atoms with E-state index in [-0.39, 0.29) is 6.04 Å². The Hall–Kier alpha value is -0.930. The summed E-state index contributed by atoms with van der Waals surface area (Å²) < 4.78 is 0. The van der Waals surface area contributed by atoms with E-state index in [4.69, 9.17) is 5.73 Å². The molecule has 0 radical (unpaired) electrons. The lowest BCUT2D eigenvalue weighted by atomic mass is 9.83. The van der Waals surface area contributed by atoms with Crippen LogP contribution in [0.2, 0.25) is 0 Å². The quantitative estimate of drug-likeness (QED) is 0.791. The van der Waals surface area contributed by atoms with Crippen LogP contribution in [-0.2, 0) is 0 Å². The van der Waals surface area contributed by atoms with Gasteiger partial charge in [-0.15, -0.1) is 0 Å². The molecule has 0 amide bonds. The summed E-state index contributed by atoms with van der Waals surface area (Å²) in [4.78, 5) is 4.19. The molecular weight excluding hydrogens is 210 g/mol. The van der Waals surface area contributed by atoms with Crippen LogP contribution < -0.4 is 11.1 Å². The second kappa shape index (κ2) is 6.12. The third-order valence-corrected chi connectivity index (χ3v) is 3.86. The number of pyridine rings is 1. The van der Waals surface area contributed by atoms with Crippen molar-refractivity contribution >= 4 is 0 Å². The zero-order valence-corrected chi connectivity index (χ0v) is 10.7. The summed E-state index contributed by atoms with van der Waals surface area (Å²) in [6, 6.07) is 2.30. The minimum atomic E-state index is 0.253. The molecule has 1 fully saturated rings. The van der Waals surface area contributed by atoms with E-state index in [1.54, 1.807) is 0 Å². The Morgan fingerprint density at radius 3 is 2.94 bits per heavy atom. The van der Waals surface area contributed by atoms with E-state index >= 15 is 0 Å². The van der Waals surface area contributed by atoms with Gasteiger partial charge in [0.05, 0.1) is 0 Å². The Morgan fingerprint density at radius 2 is 2.35 bits per heavy atom. The number of nitrogens with zero attached hydrogens (tertiary/aromatic N) is 1. The third-order valence-electron chi connectivity index (χ3n) is 3.86.